The third-order valence-electron chi connectivity index (χ3n) is 2.25. The zero-order valence-corrected chi connectivity index (χ0v) is 10.1. The number of hydrogen-bond acceptors (Lipinski definition) is 4. The zero-order chi connectivity index (χ0) is 11.4. The minimum absolute atomic E-state index is 0.793. The topological polar surface area (TPSA) is 50.9 Å². The second-order valence-electron chi connectivity index (χ2n) is 3.68. The molecule has 0 aliphatic heterocycles. The van der Waals surface area contributed by atoms with Gasteiger partial charge in [-0.05, 0) is 31.2 Å². The molecule has 0 saturated heterocycles. The highest BCUT2D eigenvalue weighted by atomic mass is 32.1. The minimum atomic E-state index is 0.793. The summed E-state index contributed by atoms with van der Waals surface area (Å²) < 4.78 is 0. The van der Waals surface area contributed by atoms with E-state index in [4.69, 9.17) is 5.73 Å². The second kappa shape index (κ2) is 4.99. The van der Waals surface area contributed by atoms with Gasteiger partial charge >= 0.3 is 0 Å². The third kappa shape index (κ3) is 2.97. The lowest BCUT2D eigenvalue weighted by atomic mass is 10.3. The van der Waals surface area contributed by atoms with Crippen LogP contribution in [-0.2, 0) is 6.42 Å². The van der Waals surface area contributed by atoms with Gasteiger partial charge in [-0.25, -0.2) is 4.98 Å². The maximum Gasteiger partial charge on any atom is 0.0945 e. The first-order valence-electron chi connectivity index (χ1n) is 5.24. The Hall–Kier alpha value is -1.55. The Morgan fingerprint density at radius 1 is 1.31 bits per heavy atom. The van der Waals surface area contributed by atoms with Crippen LogP contribution in [-0.4, -0.2) is 11.5 Å². The van der Waals surface area contributed by atoms with Crippen LogP contribution in [0.15, 0.2) is 29.6 Å². The second-order valence-corrected chi connectivity index (χ2v) is 4.62. The van der Waals surface area contributed by atoms with Gasteiger partial charge in [0.15, 0.2) is 0 Å². The van der Waals surface area contributed by atoms with E-state index in [1.807, 2.05) is 31.2 Å². The molecule has 16 heavy (non-hydrogen) atoms. The van der Waals surface area contributed by atoms with Crippen LogP contribution < -0.4 is 11.1 Å². The van der Waals surface area contributed by atoms with Gasteiger partial charge < -0.3 is 11.1 Å². The lowest BCUT2D eigenvalue weighted by Gasteiger charge is -2.04. The van der Waals surface area contributed by atoms with Crippen LogP contribution >= 0.6 is 11.3 Å². The van der Waals surface area contributed by atoms with Crippen LogP contribution in [0.1, 0.15) is 10.7 Å². The Labute approximate surface area is 99.3 Å². The van der Waals surface area contributed by atoms with E-state index in [1.54, 1.807) is 11.3 Å². The summed E-state index contributed by atoms with van der Waals surface area (Å²) in [6, 6.07) is 7.77. The van der Waals surface area contributed by atoms with Gasteiger partial charge in [0.1, 0.15) is 0 Å². The van der Waals surface area contributed by atoms with Gasteiger partial charge in [0.25, 0.3) is 0 Å². The fourth-order valence-corrected chi connectivity index (χ4v) is 2.21. The molecule has 2 aromatic rings. The molecule has 0 aliphatic rings. The van der Waals surface area contributed by atoms with Crippen LogP contribution in [0, 0.1) is 6.92 Å². The summed E-state index contributed by atoms with van der Waals surface area (Å²) in [6.07, 6.45) is 0.961. The summed E-state index contributed by atoms with van der Waals surface area (Å²) in [4.78, 5) is 4.41. The molecule has 0 bridgehead atoms. The SMILES string of the molecule is Cc1csc(CCNc2ccc(N)cc2)n1. The number of aromatic nitrogens is 1. The normalized spacial score (nSPS) is 10.3. The number of nitrogens with zero attached hydrogens (tertiary/aromatic N) is 1. The quantitative estimate of drug-likeness (QED) is 0.798. The summed E-state index contributed by atoms with van der Waals surface area (Å²) in [7, 11) is 0. The number of benzene rings is 1. The Morgan fingerprint density at radius 3 is 2.69 bits per heavy atom. The van der Waals surface area contributed by atoms with E-state index in [0.717, 1.165) is 30.0 Å². The van der Waals surface area contributed by atoms with Crippen LogP contribution in [0.5, 0.6) is 0 Å². The summed E-state index contributed by atoms with van der Waals surface area (Å²) in [5.41, 5.74) is 8.61. The first kappa shape index (κ1) is 11.0. The molecule has 4 heteroatoms. The first-order chi connectivity index (χ1) is 7.74. The number of hydrogen-bond donors (Lipinski definition) is 2. The fourth-order valence-electron chi connectivity index (χ4n) is 1.43. The van der Waals surface area contributed by atoms with Crippen molar-refractivity contribution in [1.82, 2.24) is 4.98 Å². The van der Waals surface area contributed by atoms with E-state index < -0.39 is 0 Å². The van der Waals surface area contributed by atoms with Gasteiger partial charge in [0.05, 0.1) is 5.01 Å². The Kier molecular flexibility index (Phi) is 3.41. The van der Waals surface area contributed by atoms with E-state index in [9.17, 15) is 0 Å². The van der Waals surface area contributed by atoms with E-state index >= 15 is 0 Å². The Balaban J connectivity index is 1.82. The van der Waals surface area contributed by atoms with Crippen LogP contribution in [0.3, 0.4) is 0 Å². The van der Waals surface area contributed by atoms with E-state index in [-0.39, 0.29) is 0 Å². The molecule has 0 radical (unpaired) electrons. The minimum Gasteiger partial charge on any atom is -0.399 e. The number of nitrogen functional groups attached to an aromatic ring is 1. The predicted molar refractivity (Wildman–Crippen MR) is 69.9 cm³/mol. The lowest BCUT2D eigenvalue weighted by Crippen LogP contribution is -2.04. The van der Waals surface area contributed by atoms with Gasteiger partial charge in [-0.15, -0.1) is 11.3 Å². The van der Waals surface area contributed by atoms with E-state index in [0.29, 0.717) is 0 Å². The van der Waals surface area contributed by atoms with Crippen molar-refractivity contribution in [3.8, 4) is 0 Å². The maximum absolute atomic E-state index is 5.61. The molecule has 1 aromatic heterocycles. The Morgan fingerprint density at radius 2 is 2.06 bits per heavy atom. The van der Waals surface area contributed by atoms with E-state index in [2.05, 4.69) is 15.7 Å². The number of thiazole rings is 1. The van der Waals surface area contributed by atoms with Crippen molar-refractivity contribution in [2.45, 2.75) is 13.3 Å². The number of nitrogens with two attached hydrogens (primary N) is 1. The van der Waals surface area contributed by atoms with Gasteiger partial charge in [-0.3, -0.25) is 0 Å². The number of aryl methyl sites for hydroxylation is 1. The maximum atomic E-state index is 5.61. The molecule has 1 aromatic carbocycles. The average molecular weight is 233 g/mol. The molecule has 0 fully saturated rings. The highest BCUT2D eigenvalue weighted by Crippen LogP contribution is 2.12. The van der Waals surface area contributed by atoms with Gasteiger partial charge in [0, 0.05) is 35.4 Å². The van der Waals surface area contributed by atoms with Crippen molar-refractivity contribution >= 4 is 22.7 Å². The molecule has 0 spiro atoms. The standard InChI is InChI=1S/C12H15N3S/c1-9-8-16-12(15-9)6-7-14-11-4-2-10(13)3-5-11/h2-5,8,14H,6-7,13H2,1H3. The molecule has 84 valence electrons. The molecule has 0 atom stereocenters. The molecular weight excluding hydrogens is 218 g/mol. The monoisotopic (exact) mass is 233 g/mol. The molecule has 3 nitrogen and oxygen atoms in total. The van der Waals surface area contributed by atoms with Gasteiger partial charge in [-0.2, -0.15) is 0 Å². The van der Waals surface area contributed by atoms with Gasteiger partial charge in [0.2, 0.25) is 0 Å². The summed E-state index contributed by atoms with van der Waals surface area (Å²) in [5, 5.41) is 6.60. The highest BCUT2D eigenvalue weighted by Gasteiger charge is 1.98. The largest absolute Gasteiger partial charge is 0.399 e. The molecule has 1 heterocycles. The smallest absolute Gasteiger partial charge is 0.0945 e. The zero-order valence-electron chi connectivity index (χ0n) is 9.23. The average Bonchev–Trinajstić information content (AvgIpc) is 2.67. The van der Waals surface area contributed by atoms with Crippen LogP contribution in [0.25, 0.3) is 0 Å². The van der Waals surface area contributed by atoms with Crippen molar-refractivity contribution in [2.75, 3.05) is 17.6 Å². The van der Waals surface area contributed by atoms with Crippen LogP contribution in [0.4, 0.5) is 11.4 Å². The number of anilines is 2. The summed E-state index contributed by atoms with van der Waals surface area (Å²) in [6.45, 7) is 2.92. The number of rotatable bonds is 4. The molecular formula is C12H15N3S. The molecule has 3 N–H and O–H groups in total. The Bertz CT molecular complexity index is 448. The molecule has 0 unspecified atom stereocenters. The van der Waals surface area contributed by atoms with E-state index in [1.165, 1.54) is 5.01 Å². The third-order valence-corrected chi connectivity index (χ3v) is 3.27. The number of nitrogens with one attached hydrogen (secondary N) is 1. The van der Waals surface area contributed by atoms with Crippen molar-refractivity contribution in [2.24, 2.45) is 0 Å². The summed E-state index contributed by atoms with van der Waals surface area (Å²) >= 11 is 1.72. The predicted octanol–water partition coefficient (Wildman–Crippen LogP) is 2.69. The van der Waals surface area contributed by atoms with Crippen molar-refractivity contribution in [3.63, 3.8) is 0 Å². The highest BCUT2D eigenvalue weighted by molar-refractivity contribution is 7.09. The van der Waals surface area contributed by atoms with Crippen molar-refractivity contribution < 1.29 is 0 Å². The molecule has 0 saturated carbocycles. The van der Waals surface area contributed by atoms with Crippen LogP contribution in [0.2, 0.25) is 0 Å². The van der Waals surface area contributed by atoms with Crippen molar-refractivity contribution in [3.05, 3.63) is 40.3 Å². The lowest BCUT2D eigenvalue weighted by molar-refractivity contribution is 0.987. The summed E-state index contributed by atoms with van der Waals surface area (Å²) in [5.74, 6) is 0. The van der Waals surface area contributed by atoms with Gasteiger partial charge in [-0.1, -0.05) is 0 Å². The molecule has 2 rings (SSSR count). The fraction of sp³-hybridized carbons (Fsp3) is 0.250. The first-order valence-corrected chi connectivity index (χ1v) is 6.12. The molecule has 0 aliphatic carbocycles. The molecule has 0 amide bonds. The van der Waals surface area contributed by atoms with Crippen molar-refractivity contribution in [1.29, 1.82) is 0 Å².